The second kappa shape index (κ2) is 6.16. The molecule has 0 aliphatic rings. The van der Waals surface area contributed by atoms with Crippen LogP contribution in [0.25, 0.3) is 0 Å². The number of nitro benzene ring substituents is 1. The number of ether oxygens (including phenoxy) is 1. The van der Waals surface area contributed by atoms with Crippen molar-refractivity contribution in [3.05, 3.63) is 68.7 Å². The molecule has 2 aromatic carbocycles. The van der Waals surface area contributed by atoms with E-state index >= 15 is 0 Å². The predicted octanol–water partition coefficient (Wildman–Crippen LogP) is 3.64. The summed E-state index contributed by atoms with van der Waals surface area (Å²) in [5.74, 6) is 0.420. The van der Waals surface area contributed by atoms with Gasteiger partial charge in [0, 0.05) is 17.7 Å². The Kier molecular flexibility index (Phi) is 4.32. The van der Waals surface area contributed by atoms with Crippen LogP contribution in [0, 0.1) is 10.1 Å². The highest BCUT2D eigenvalue weighted by Gasteiger charge is 2.07. The Labute approximate surface area is 119 Å². The number of rotatable bonds is 5. The number of halogens is 1. The fourth-order valence-electron chi connectivity index (χ4n) is 1.63. The lowest BCUT2D eigenvalue weighted by molar-refractivity contribution is -0.384. The third-order valence-corrected chi connectivity index (χ3v) is 2.90. The van der Waals surface area contributed by atoms with Gasteiger partial charge in [0.15, 0.2) is 0 Å². The van der Waals surface area contributed by atoms with E-state index in [1.165, 1.54) is 18.2 Å². The molecule has 20 heavy (non-hydrogen) atoms. The molecule has 0 aliphatic carbocycles. The van der Waals surface area contributed by atoms with E-state index in [1.807, 2.05) is 0 Å². The molecule has 0 saturated carbocycles. The molecule has 0 unspecified atom stereocenters. The molecule has 0 saturated heterocycles. The van der Waals surface area contributed by atoms with Crippen LogP contribution in [-0.2, 0) is 6.61 Å². The molecule has 0 fully saturated rings. The Bertz CT molecular complexity index is 657. The average Bonchev–Trinajstić information content (AvgIpc) is 2.46. The number of carbonyl (C=O) groups is 1. The van der Waals surface area contributed by atoms with Gasteiger partial charge in [0.05, 0.1) is 9.95 Å². The third-order valence-electron chi connectivity index (χ3n) is 2.61. The van der Waals surface area contributed by atoms with Gasteiger partial charge in [0.25, 0.3) is 5.69 Å². The lowest BCUT2D eigenvalue weighted by Crippen LogP contribution is -1.97. The van der Waals surface area contributed by atoms with E-state index in [-0.39, 0.29) is 12.3 Å². The molecule has 0 aliphatic heterocycles. The van der Waals surface area contributed by atoms with Crippen molar-refractivity contribution in [2.24, 2.45) is 0 Å². The van der Waals surface area contributed by atoms with E-state index in [0.717, 1.165) is 0 Å². The average molecular weight is 292 g/mol. The molecule has 0 spiro atoms. The van der Waals surface area contributed by atoms with Gasteiger partial charge in [-0.2, -0.15) is 0 Å². The van der Waals surface area contributed by atoms with Crippen LogP contribution in [0.15, 0.2) is 42.5 Å². The Morgan fingerprint density at radius 1 is 1.25 bits per heavy atom. The highest BCUT2D eigenvalue weighted by molar-refractivity contribution is 6.32. The molecular weight excluding hydrogens is 282 g/mol. The second-order valence-corrected chi connectivity index (χ2v) is 4.43. The van der Waals surface area contributed by atoms with Gasteiger partial charge in [0.1, 0.15) is 18.6 Å². The Hall–Kier alpha value is -2.40. The van der Waals surface area contributed by atoms with Crippen molar-refractivity contribution >= 4 is 23.6 Å². The lowest BCUT2D eigenvalue weighted by Gasteiger charge is -2.08. The highest BCUT2D eigenvalue weighted by atomic mass is 35.5. The number of nitrogens with zero attached hydrogens (tertiary/aromatic N) is 1. The van der Waals surface area contributed by atoms with Crippen molar-refractivity contribution in [3.63, 3.8) is 0 Å². The number of nitro groups is 1. The van der Waals surface area contributed by atoms with Crippen LogP contribution in [0.2, 0.25) is 5.02 Å². The van der Waals surface area contributed by atoms with Gasteiger partial charge < -0.3 is 4.74 Å². The van der Waals surface area contributed by atoms with E-state index < -0.39 is 4.92 Å². The summed E-state index contributed by atoms with van der Waals surface area (Å²) in [5.41, 5.74) is 1.13. The van der Waals surface area contributed by atoms with Crippen molar-refractivity contribution in [1.82, 2.24) is 0 Å². The van der Waals surface area contributed by atoms with Gasteiger partial charge in [-0.05, 0) is 23.8 Å². The van der Waals surface area contributed by atoms with Crippen molar-refractivity contribution in [2.75, 3.05) is 0 Å². The van der Waals surface area contributed by atoms with Crippen molar-refractivity contribution in [2.45, 2.75) is 6.61 Å². The van der Waals surface area contributed by atoms with Gasteiger partial charge in [-0.1, -0.05) is 23.7 Å². The summed E-state index contributed by atoms with van der Waals surface area (Å²) in [7, 11) is 0. The zero-order chi connectivity index (χ0) is 14.5. The van der Waals surface area contributed by atoms with Crippen LogP contribution in [0.1, 0.15) is 15.9 Å². The normalized spacial score (nSPS) is 10.1. The summed E-state index contributed by atoms with van der Waals surface area (Å²) in [5, 5.41) is 11.0. The SMILES string of the molecule is O=Cc1ccc(OCc2cccc([N+](=O)[O-])c2)c(Cl)c1. The molecule has 102 valence electrons. The van der Waals surface area contributed by atoms with Crippen LogP contribution >= 0.6 is 11.6 Å². The summed E-state index contributed by atoms with van der Waals surface area (Å²) in [6.45, 7) is 0.155. The lowest BCUT2D eigenvalue weighted by atomic mass is 10.2. The van der Waals surface area contributed by atoms with Crippen LogP contribution < -0.4 is 4.74 Å². The second-order valence-electron chi connectivity index (χ2n) is 4.02. The Balaban J connectivity index is 2.10. The first-order valence-electron chi connectivity index (χ1n) is 5.71. The largest absolute Gasteiger partial charge is 0.487 e. The molecule has 2 aromatic rings. The fraction of sp³-hybridized carbons (Fsp3) is 0.0714. The summed E-state index contributed by atoms with van der Waals surface area (Å²) in [6.07, 6.45) is 0.691. The summed E-state index contributed by atoms with van der Waals surface area (Å²) < 4.78 is 5.49. The van der Waals surface area contributed by atoms with E-state index in [2.05, 4.69) is 0 Å². The molecule has 6 heteroatoms. The number of benzene rings is 2. The first-order valence-corrected chi connectivity index (χ1v) is 6.09. The molecule has 2 rings (SSSR count). The molecule has 0 atom stereocenters. The van der Waals surface area contributed by atoms with Crippen LogP contribution in [0.4, 0.5) is 5.69 Å². The van der Waals surface area contributed by atoms with Crippen LogP contribution in [0.3, 0.4) is 0 Å². The van der Waals surface area contributed by atoms with Gasteiger partial charge >= 0.3 is 0 Å². The number of aldehydes is 1. The number of carbonyl (C=O) groups excluding carboxylic acids is 1. The first-order chi connectivity index (χ1) is 9.60. The predicted molar refractivity (Wildman–Crippen MR) is 74.3 cm³/mol. The van der Waals surface area contributed by atoms with Gasteiger partial charge in [-0.25, -0.2) is 0 Å². The van der Waals surface area contributed by atoms with E-state index in [0.29, 0.717) is 28.2 Å². The molecular formula is C14H10ClNO4. The topological polar surface area (TPSA) is 69.4 Å². The highest BCUT2D eigenvalue weighted by Crippen LogP contribution is 2.26. The molecule has 0 heterocycles. The smallest absolute Gasteiger partial charge is 0.269 e. The number of hydrogen-bond donors (Lipinski definition) is 0. The first kappa shape index (κ1) is 14.0. The number of hydrogen-bond acceptors (Lipinski definition) is 4. The van der Waals surface area contributed by atoms with Gasteiger partial charge in [-0.3, -0.25) is 14.9 Å². The summed E-state index contributed by atoms with van der Waals surface area (Å²) in [6, 6.07) is 10.8. The minimum absolute atomic E-state index is 0.00787. The maximum atomic E-state index is 10.7. The van der Waals surface area contributed by atoms with E-state index in [1.54, 1.807) is 24.3 Å². The maximum Gasteiger partial charge on any atom is 0.269 e. The van der Waals surface area contributed by atoms with Gasteiger partial charge in [-0.15, -0.1) is 0 Å². The standard InChI is InChI=1S/C14H10ClNO4/c15-13-7-10(8-17)4-5-14(13)20-9-11-2-1-3-12(6-11)16(18)19/h1-8H,9H2. The Morgan fingerprint density at radius 3 is 2.70 bits per heavy atom. The van der Waals surface area contributed by atoms with Crippen molar-refractivity contribution in [3.8, 4) is 5.75 Å². The zero-order valence-corrected chi connectivity index (χ0v) is 11.0. The molecule has 0 amide bonds. The molecule has 0 radical (unpaired) electrons. The minimum atomic E-state index is -0.463. The van der Waals surface area contributed by atoms with Crippen molar-refractivity contribution < 1.29 is 14.5 Å². The van der Waals surface area contributed by atoms with Crippen molar-refractivity contribution in [1.29, 1.82) is 0 Å². The maximum absolute atomic E-state index is 10.7. The number of non-ortho nitro benzene ring substituents is 1. The minimum Gasteiger partial charge on any atom is -0.487 e. The summed E-state index contributed by atoms with van der Waals surface area (Å²) in [4.78, 5) is 20.8. The summed E-state index contributed by atoms with van der Waals surface area (Å²) >= 11 is 5.96. The van der Waals surface area contributed by atoms with Gasteiger partial charge in [0.2, 0.25) is 0 Å². The quantitative estimate of drug-likeness (QED) is 0.479. The third kappa shape index (κ3) is 3.33. The van der Waals surface area contributed by atoms with E-state index in [9.17, 15) is 14.9 Å². The fourth-order valence-corrected chi connectivity index (χ4v) is 1.87. The molecule has 0 bridgehead atoms. The van der Waals surface area contributed by atoms with E-state index in [4.69, 9.17) is 16.3 Å². The van der Waals surface area contributed by atoms with Crippen LogP contribution in [0.5, 0.6) is 5.75 Å². The Morgan fingerprint density at radius 2 is 2.05 bits per heavy atom. The molecule has 0 aromatic heterocycles. The molecule has 0 N–H and O–H groups in total. The van der Waals surface area contributed by atoms with Crippen LogP contribution in [-0.4, -0.2) is 11.2 Å². The molecule has 5 nitrogen and oxygen atoms in total. The zero-order valence-electron chi connectivity index (χ0n) is 10.3. The monoisotopic (exact) mass is 291 g/mol.